The molecule has 1 N–H and O–H groups in total. The molecular formula is C11H24O2Se. The Morgan fingerprint density at radius 1 is 0.929 bits per heavy atom. The molecule has 86 valence electrons. The van der Waals surface area contributed by atoms with E-state index in [1.165, 1.54) is 38.5 Å². The Morgan fingerprint density at radius 3 is 1.79 bits per heavy atom. The molecule has 0 saturated carbocycles. The van der Waals surface area contributed by atoms with E-state index in [9.17, 15) is 4.79 Å². The molecule has 0 aliphatic carbocycles. The van der Waals surface area contributed by atoms with Crippen molar-refractivity contribution in [1.82, 2.24) is 0 Å². The second-order valence-corrected chi connectivity index (χ2v) is 3.62. The van der Waals surface area contributed by atoms with Crippen LogP contribution in [0.3, 0.4) is 0 Å². The molecule has 0 aromatic carbocycles. The molecule has 0 aliphatic rings. The minimum absolute atomic E-state index is 0. The fraction of sp³-hybridized carbons (Fsp3) is 0.909. The molecule has 0 aromatic rings. The van der Waals surface area contributed by atoms with Crippen LogP contribution < -0.4 is 0 Å². The minimum atomic E-state index is -0.661. The summed E-state index contributed by atoms with van der Waals surface area (Å²) in [6, 6.07) is 0. The molecule has 0 unspecified atom stereocenters. The summed E-state index contributed by atoms with van der Waals surface area (Å²) in [5.74, 6) is -0.661. The number of rotatable bonds is 9. The maximum absolute atomic E-state index is 10.2. The Hall–Kier alpha value is -0.0105. The third-order valence-corrected chi connectivity index (χ3v) is 2.24. The standard InChI is InChI=1S/C11H22O2.H2Se/c1-2-3-4-5-6-7-8-9-10-11(12)13;/h2-10H2,1H3,(H,12,13);1H2. The van der Waals surface area contributed by atoms with E-state index in [0.717, 1.165) is 12.8 Å². The molecule has 14 heavy (non-hydrogen) atoms. The van der Waals surface area contributed by atoms with Gasteiger partial charge in [-0.05, 0) is 6.42 Å². The average molecular weight is 267 g/mol. The van der Waals surface area contributed by atoms with Crippen LogP contribution >= 0.6 is 0 Å². The first-order chi connectivity index (χ1) is 6.27. The van der Waals surface area contributed by atoms with Crippen molar-refractivity contribution in [2.24, 2.45) is 0 Å². The van der Waals surface area contributed by atoms with Crippen LogP contribution in [0.5, 0.6) is 0 Å². The van der Waals surface area contributed by atoms with Gasteiger partial charge < -0.3 is 5.11 Å². The van der Waals surface area contributed by atoms with E-state index in [2.05, 4.69) is 6.92 Å². The average Bonchev–Trinajstić information content (AvgIpc) is 2.09. The van der Waals surface area contributed by atoms with Crippen LogP contribution in [-0.2, 0) is 4.79 Å². The van der Waals surface area contributed by atoms with E-state index in [4.69, 9.17) is 5.11 Å². The van der Waals surface area contributed by atoms with Crippen molar-refractivity contribution in [2.75, 3.05) is 0 Å². The van der Waals surface area contributed by atoms with E-state index >= 15 is 0 Å². The number of carbonyl (C=O) groups is 1. The molecule has 0 saturated heterocycles. The van der Waals surface area contributed by atoms with Gasteiger partial charge in [-0.15, -0.1) is 0 Å². The molecule has 3 heteroatoms. The summed E-state index contributed by atoms with van der Waals surface area (Å²) in [5, 5.41) is 8.39. The van der Waals surface area contributed by atoms with Gasteiger partial charge in [-0.2, -0.15) is 0 Å². The van der Waals surface area contributed by atoms with Crippen molar-refractivity contribution in [1.29, 1.82) is 0 Å². The molecule has 0 radical (unpaired) electrons. The summed E-state index contributed by atoms with van der Waals surface area (Å²) < 4.78 is 0. The zero-order valence-electron chi connectivity index (χ0n) is 9.22. The molecule has 0 bridgehead atoms. The van der Waals surface area contributed by atoms with Crippen molar-refractivity contribution in [2.45, 2.75) is 64.7 Å². The summed E-state index contributed by atoms with van der Waals surface area (Å²) >= 11 is 0. The predicted octanol–water partition coefficient (Wildman–Crippen LogP) is 2.69. The fourth-order valence-electron chi connectivity index (χ4n) is 1.41. The summed E-state index contributed by atoms with van der Waals surface area (Å²) in [6.45, 7) is 2.22. The Labute approximate surface area is 97.9 Å². The van der Waals surface area contributed by atoms with Crippen molar-refractivity contribution in [3.05, 3.63) is 0 Å². The van der Waals surface area contributed by atoms with Gasteiger partial charge in [0.05, 0.1) is 0 Å². The van der Waals surface area contributed by atoms with Gasteiger partial charge in [0.25, 0.3) is 0 Å². The van der Waals surface area contributed by atoms with Crippen molar-refractivity contribution in [3.63, 3.8) is 0 Å². The number of carboxylic acid groups (broad SMARTS) is 1. The van der Waals surface area contributed by atoms with Crippen LogP contribution in [0.4, 0.5) is 0 Å². The Morgan fingerprint density at radius 2 is 1.36 bits per heavy atom. The van der Waals surface area contributed by atoms with E-state index in [0.29, 0.717) is 6.42 Å². The number of hydrogen-bond acceptors (Lipinski definition) is 1. The summed E-state index contributed by atoms with van der Waals surface area (Å²) in [7, 11) is 0. The van der Waals surface area contributed by atoms with Gasteiger partial charge in [-0.1, -0.05) is 51.9 Å². The third kappa shape index (κ3) is 14.5. The summed E-state index contributed by atoms with van der Waals surface area (Å²) in [5.41, 5.74) is 0. The zero-order valence-corrected chi connectivity index (χ0v) is 11.3. The van der Waals surface area contributed by atoms with Gasteiger partial charge >= 0.3 is 23.0 Å². The van der Waals surface area contributed by atoms with Gasteiger partial charge in [0.1, 0.15) is 0 Å². The predicted molar refractivity (Wildman–Crippen MR) is 63.4 cm³/mol. The molecule has 0 spiro atoms. The summed E-state index contributed by atoms with van der Waals surface area (Å²) in [4.78, 5) is 10.2. The van der Waals surface area contributed by atoms with E-state index in [1.807, 2.05) is 0 Å². The number of carboxylic acids is 1. The molecule has 0 amide bonds. The van der Waals surface area contributed by atoms with Crippen LogP contribution in [-0.4, -0.2) is 28.1 Å². The molecule has 0 aromatic heterocycles. The normalized spacial score (nSPS) is 9.50. The molecule has 0 aliphatic heterocycles. The Balaban J connectivity index is 0. The Bertz CT molecular complexity index is 126. The van der Waals surface area contributed by atoms with Crippen molar-refractivity contribution < 1.29 is 9.90 Å². The van der Waals surface area contributed by atoms with Gasteiger partial charge in [0.2, 0.25) is 0 Å². The second kappa shape index (κ2) is 13.0. The fourth-order valence-corrected chi connectivity index (χ4v) is 1.41. The number of aliphatic carboxylic acids is 1. The van der Waals surface area contributed by atoms with Crippen molar-refractivity contribution >= 4 is 23.0 Å². The zero-order chi connectivity index (χ0) is 9.94. The molecular weight excluding hydrogens is 243 g/mol. The third-order valence-electron chi connectivity index (χ3n) is 2.24. The second-order valence-electron chi connectivity index (χ2n) is 3.62. The van der Waals surface area contributed by atoms with E-state index < -0.39 is 5.97 Å². The van der Waals surface area contributed by atoms with Gasteiger partial charge in [0.15, 0.2) is 0 Å². The topological polar surface area (TPSA) is 37.3 Å². The van der Waals surface area contributed by atoms with Crippen molar-refractivity contribution in [3.8, 4) is 0 Å². The maximum atomic E-state index is 10.2. The first kappa shape index (κ1) is 16.4. The van der Waals surface area contributed by atoms with Gasteiger partial charge in [0, 0.05) is 6.42 Å². The number of hydrogen-bond donors (Lipinski definition) is 1. The van der Waals surface area contributed by atoms with Crippen LogP contribution in [0, 0.1) is 0 Å². The van der Waals surface area contributed by atoms with Gasteiger partial charge in [-0.3, -0.25) is 4.79 Å². The molecule has 0 atom stereocenters. The SMILES string of the molecule is CCCCCCCCCCC(=O)O.[SeH2]. The van der Waals surface area contributed by atoms with Crippen LogP contribution in [0.2, 0.25) is 0 Å². The van der Waals surface area contributed by atoms with Crippen LogP contribution in [0.15, 0.2) is 0 Å². The summed E-state index contributed by atoms with van der Waals surface area (Å²) in [6.07, 6.45) is 10.1. The van der Waals surface area contributed by atoms with E-state index in [1.54, 1.807) is 0 Å². The quantitative estimate of drug-likeness (QED) is 0.515. The van der Waals surface area contributed by atoms with Gasteiger partial charge in [-0.25, -0.2) is 0 Å². The first-order valence-corrected chi connectivity index (χ1v) is 5.49. The monoisotopic (exact) mass is 268 g/mol. The van der Waals surface area contributed by atoms with Crippen LogP contribution in [0.1, 0.15) is 64.7 Å². The molecule has 2 nitrogen and oxygen atoms in total. The number of unbranched alkanes of at least 4 members (excludes halogenated alkanes) is 7. The molecule has 0 rings (SSSR count). The molecule has 0 fully saturated rings. The Kier molecular flexibility index (Phi) is 15.2. The van der Waals surface area contributed by atoms with Crippen LogP contribution in [0.25, 0.3) is 0 Å². The first-order valence-electron chi connectivity index (χ1n) is 5.49. The molecule has 0 heterocycles. The van der Waals surface area contributed by atoms with E-state index in [-0.39, 0.29) is 17.1 Å².